The molecule has 29 heavy (non-hydrogen) atoms. The number of nitrogens with zero attached hydrogens (tertiary/aromatic N) is 2. The summed E-state index contributed by atoms with van der Waals surface area (Å²) in [5.74, 6) is -1.18. The summed E-state index contributed by atoms with van der Waals surface area (Å²) in [6, 6.07) is 14.9. The van der Waals surface area contributed by atoms with E-state index >= 15 is 0 Å². The molecule has 2 aromatic carbocycles. The highest BCUT2D eigenvalue weighted by atomic mass is 79.9. The van der Waals surface area contributed by atoms with E-state index in [1.807, 2.05) is 0 Å². The third kappa shape index (κ3) is 5.06. The fourth-order valence-corrected chi connectivity index (χ4v) is 4.40. The van der Waals surface area contributed by atoms with Crippen LogP contribution in [-0.4, -0.2) is 23.6 Å². The Balaban J connectivity index is 1.99. The summed E-state index contributed by atoms with van der Waals surface area (Å²) in [6.45, 7) is -0.230. The number of carbonyl (C=O) groups excluding carboxylic acids is 1. The van der Waals surface area contributed by atoms with Gasteiger partial charge in [-0.15, -0.1) is 0 Å². The zero-order valence-electron chi connectivity index (χ0n) is 15.1. The summed E-state index contributed by atoms with van der Waals surface area (Å²) in [5, 5.41) is 0. The van der Waals surface area contributed by atoms with Crippen LogP contribution in [0, 0.1) is 5.82 Å². The first-order valence-corrected chi connectivity index (χ1v) is 10.7. The number of aromatic nitrogens is 1. The normalized spacial score (nSPS) is 11.6. The Morgan fingerprint density at radius 3 is 2.38 bits per heavy atom. The van der Waals surface area contributed by atoms with E-state index in [4.69, 9.17) is 5.73 Å². The molecule has 0 saturated carbocycles. The van der Waals surface area contributed by atoms with Crippen LogP contribution in [0.1, 0.15) is 21.6 Å². The van der Waals surface area contributed by atoms with Crippen LogP contribution in [0.5, 0.6) is 0 Å². The number of nitrogens with two attached hydrogens (primary N) is 1. The number of hydrogen-bond acceptors (Lipinski definition) is 4. The van der Waals surface area contributed by atoms with Crippen molar-refractivity contribution in [2.75, 3.05) is 0 Å². The molecule has 0 aliphatic carbocycles. The van der Waals surface area contributed by atoms with Gasteiger partial charge in [0, 0.05) is 28.3 Å². The predicted octanol–water partition coefficient (Wildman–Crippen LogP) is 3.47. The average molecular weight is 478 g/mol. The first kappa shape index (κ1) is 21.1. The van der Waals surface area contributed by atoms with Crippen LogP contribution in [0.25, 0.3) is 0 Å². The zero-order chi connectivity index (χ0) is 21.0. The third-order valence-electron chi connectivity index (χ3n) is 4.20. The first-order valence-electron chi connectivity index (χ1n) is 8.51. The summed E-state index contributed by atoms with van der Waals surface area (Å²) >= 11 is 3.19. The minimum atomic E-state index is -4.00. The Morgan fingerprint density at radius 2 is 1.79 bits per heavy atom. The number of halogens is 2. The second kappa shape index (κ2) is 8.81. The van der Waals surface area contributed by atoms with Crippen molar-refractivity contribution in [2.45, 2.75) is 18.0 Å². The second-order valence-corrected chi connectivity index (χ2v) is 9.07. The van der Waals surface area contributed by atoms with Gasteiger partial charge in [0.1, 0.15) is 5.82 Å². The van der Waals surface area contributed by atoms with Gasteiger partial charge in [0.25, 0.3) is 0 Å². The number of primary amides is 1. The molecule has 1 amide bonds. The molecule has 0 aliphatic rings. The van der Waals surface area contributed by atoms with Crippen LogP contribution in [0.4, 0.5) is 4.39 Å². The number of carbonyl (C=O) groups is 1. The average Bonchev–Trinajstić information content (AvgIpc) is 2.70. The maximum Gasteiger partial charge on any atom is 0.248 e. The molecule has 1 aromatic heterocycles. The Morgan fingerprint density at radius 1 is 1.07 bits per heavy atom. The number of pyridine rings is 1. The van der Waals surface area contributed by atoms with E-state index in [2.05, 4.69) is 20.9 Å². The number of benzene rings is 2. The minimum absolute atomic E-state index is 0.0315. The lowest BCUT2D eigenvalue weighted by atomic mass is 10.2. The van der Waals surface area contributed by atoms with Gasteiger partial charge in [0.2, 0.25) is 15.9 Å². The van der Waals surface area contributed by atoms with Gasteiger partial charge in [-0.2, -0.15) is 4.31 Å². The van der Waals surface area contributed by atoms with E-state index < -0.39 is 21.7 Å². The molecule has 1 heterocycles. The SMILES string of the molecule is NC(=O)c1ccc(S(=O)(=O)N(Cc2ccccn2)Cc2ccc(Br)cc2F)cc1. The highest BCUT2D eigenvalue weighted by molar-refractivity contribution is 9.10. The minimum Gasteiger partial charge on any atom is -0.366 e. The van der Waals surface area contributed by atoms with Crippen molar-refractivity contribution in [1.29, 1.82) is 0 Å². The van der Waals surface area contributed by atoms with Crippen molar-refractivity contribution in [3.8, 4) is 0 Å². The molecule has 0 radical (unpaired) electrons. The Hall–Kier alpha value is -2.62. The maximum atomic E-state index is 14.4. The third-order valence-corrected chi connectivity index (χ3v) is 6.50. The lowest BCUT2D eigenvalue weighted by molar-refractivity contribution is 0.1000. The number of hydrogen-bond donors (Lipinski definition) is 1. The van der Waals surface area contributed by atoms with Gasteiger partial charge in [-0.1, -0.05) is 28.1 Å². The molecule has 3 aromatic rings. The summed E-state index contributed by atoms with van der Waals surface area (Å²) in [7, 11) is -4.00. The highest BCUT2D eigenvalue weighted by Crippen LogP contribution is 2.23. The monoisotopic (exact) mass is 477 g/mol. The summed E-state index contributed by atoms with van der Waals surface area (Å²) < 4.78 is 42.6. The largest absolute Gasteiger partial charge is 0.366 e. The van der Waals surface area contributed by atoms with Crippen molar-refractivity contribution >= 4 is 31.9 Å². The molecule has 0 aliphatic heterocycles. The smallest absolute Gasteiger partial charge is 0.248 e. The van der Waals surface area contributed by atoms with E-state index in [0.29, 0.717) is 10.2 Å². The lowest BCUT2D eigenvalue weighted by Crippen LogP contribution is -2.31. The van der Waals surface area contributed by atoms with E-state index in [9.17, 15) is 17.6 Å². The van der Waals surface area contributed by atoms with Gasteiger partial charge in [-0.25, -0.2) is 12.8 Å². The van der Waals surface area contributed by atoms with Gasteiger partial charge in [-0.05, 0) is 48.5 Å². The molecule has 0 bridgehead atoms. The topological polar surface area (TPSA) is 93.4 Å². The van der Waals surface area contributed by atoms with Gasteiger partial charge in [0.05, 0.1) is 17.1 Å². The molecule has 9 heteroatoms. The van der Waals surface area contributed by atoms with Crippen LogP contribution in [0.15, 0.2) is 76.2 Å². The fraction of sp³-hybridized carbons (Fsp3) is 0.100. The molecule has 2 N–H and O–H groups in total. The molecule has 0 unspecified atom stereocenters. The summed E-state index contributed by atoms with van der Waals surface area (Å²) in [6.07, 6.45) is 1.56. The summed E-state index contributed by atoms with van der Waals surface area (Å²) in [5.41, 5.74) is 6.15. The lowest BCUT2D eigenvalue weighted by Gasteiger charge is -2.22. The first-order chi connectivity index (χ1) is 13.8. The number of rotatable bonds is 7. The molecular formula is C20H17BrFN3O3S. The van der Waals surface area contributed by atoms with E-state index in [1.165, 1.54) is 36.4 Å². The fourth-order valence-electron chi connectivity index (χ4n) is 2.68. The maximum absolute atomic E-state index is 14.4. The van der Waals surface area contributed by atoms with Gasteiger partial charge >= 0.3 is 0 Å². The van der Waals surface area contributed by atoms with E-state index in [0.717, 1.165) is 4.31 Å². The van der Waals surface area contributed by atoms with Gasteiger partial charge < -0.3 is 5.73 Å². The standard InChI is InChI=1S/C20H17BrFN3O3S/c21-16-7-4-15(19(22)11-16)12-25(13-17-3-1-2-10-24-17)29(27,28)18-8-5-14(6-9-18)20(23)26/h1-11H,12-13H2,(H2,23,26). The van der Waals surface area contributed by atoms with Crippen molar-refractivity contribution in [1.82, 2.24) is 9.29 Å². The summed E-state index contributed by atoms with van der Waals surface area (Å²) in [4.78, 5) is 15.4. The van der Waals surface area contributed by atoms with Crippen LogP contribution in [-0.2, 0) is 23.1 Å². The van der Waals surface area contributed by atoms with E-state index in [-0.39, 0.29) is 29.1 Å². The van der Waals surface area contributed by atoms with Gasteiger partial charge in [0.15, 0.2) is 0 Å². The molecule has 0 atom stereocenters. The van der Waals surface area contributed by atoms with Crippen molar-refractivity contribution in [3.05, 3.63) is 94.0 Å². The van der Waals surface area contributed by atoms with Crippen molar-refractivity contribution in [3.63, 3.8) is 0 Å². The van der Waals surface area contributed by atoms with Gasteiger partial charge in [-0.3, -0.25) is 9.78 Å². The molecule has 0 fully saturated rings. The van der Waals surface area contributed by atoms with Crippen LogP contribution >= 0.6 is 15.9 Å². The Labute approximate surface area is 176 Å². The quantitative estimate of drug-likeness (QED) is 0.563. The van der Waals surface area contributed by atoms with Crippen molar-refractivity contribution < 1.29 is 17.6 Å². The van der Waals surface area contributed by atoms with Crippen molar-refractivity contribution in [2.24, 2.45) is 5.73 Å². The Kier molecular flexibility index (Phi) is 6.41. The molecular weight excluding hydrogens is 461 g/mol. The predicted molar refractivity (Wildman–Crippen MR) is 110 cm³/mol. The van der Waals surface area contributed by atoms with Crippen LogP contribution < -0.4 is 5.73 Å². The molecule has 6 nitrogen and oxygen atoms in total. The second-order valence-electron chi connectivity index (χ2n) is 6.22. The van der Waals surface area contributed by atoms with Crippen LogP contribution in [0.2, 0.25) is 0 Å². The molecule has 0 spiro atoms. The molecule has 3 rings (SSSR count). The number of amides is 1. The van der Waals surface area contributed by atoms with Crippen LogP contribution in [0.3, 0.4) is 0 Å². The zero-order valence-corrected chi connectivity index (χ0v) is 17.5. The Bertz CT molecular complexity index is 1120. The molecule has 150 valence electrons. The molecule has 0 saturated heterocycles. The highest BCUT2D eigenvalue weighted by Gasteiger charge is 2.26. The number of sulfonamides is 1. The van der Waals surface area contributed by atoms with E-state index in [1.54, 1.807) is 30.5 Å².